The van der Waals surface area contributed by atoms with Gasteiger partial charge in [-0.25, -0.2) is 12.4 Å². The second kappa shape index (κ2) is 5.00. The molecule has 1 aliphatic rings. The first kappa shape index (κ1) is 13.8. The highest BCUT2D eigenvalue weighted by molar-refractivity contribution is 7.90. The van der Waals surface area contributed by atoms with E-state index in [2.05, 4.69) is 0 Å². The average Bonchev–Trinajstić information content (AvgIpc) is 2.87. The molecule has 1 heterocycles. The molecule has 0 radical (unpaired) electrons. The number of aromatic nitrogens is 1. The molecule has 0 fully saturated rings. The Balaban J connectivity index is 2.28. The molecule has 1 aliphatic carbocycles. The van der Waals surface area contributed by atoms with Crippen LogP contribution in [0.4, 0.5) is 0 Å². The van der Waals surface area contributed by atoms with Crippen LogP contribution in [0.5, 0.6) is 0 Å². The first-order valence-corrected chi connectivity index (χ1v) is 8.17. The van der Waals surface area contributed by atoms with Crippen molar-refractivity contribution in [2.24, 2.45) is 0 Å². The van der Waals surface area contributed by atoms with Crippen molar-refractivity contribution in [1.29, 1.82) is 0 Å². The lowest BCUT2D eigenvalue weighted by atomic mass is 10.1. The molecule has 21 heavy (non-hydrogen) atoms. The summed E-state index contributed by atoms with van der Waals surface area (Å²) in [4.78, 5) is 11.4. The first-order chi connectivity index (χ1) is 10.0. The molecule has 1 aromatic carbocycles. The van der Waals surface area contributed by atoms with E-state index in [1.54, 1.807) is 24.3 Å². The summed E-state index contributed by atoms with van der Waals surface area (Å²) in [6, 6.07) is 6.70. The van der Waals surface area contributed by atoms with Gasteiger partial charge in [0.25, 0.3) is 10.0 Å². The highest BCUT2D eigenvalue weighted by atomic mass is 32.2. The predicted molar refractivity (Wildman–Crippen MR) is 81.0 cm³/mol. The van der Waals surface area contributed by atoms with E-state index in [0.717, 1.165) is 18.4 Å². The number of fused-ring (bicyclic) bond motifs is 1. The van der Waals surface area contributed by atoms with Gasteiger partial charge in [-0.3, -0.25) is 4.79 Å². The molecule has 2 aromatic rings. The second-order valence-corrected chi connectivity index (χ2v) is 6.92. The van der Waals surface area contributed by atoms with E-state index in [0.29, 0.717) is 22.4 Å². The quantitative estimate of drug-likeness (QED) is 0.801. The number of hydrogen-bond donors (Lipinski definition) is 0. The predicted octanol–water partition coefficient (Wildman–Crippen LogP) is 1.20. The number of aldehydes is 1. The summed E-state index contributed by atoms with van der Waals surface area (Å²) < 4.78 is 26.7. The zero-order valence-corrected chi connectivity index (χ0v) is 12.4. The van der Waals surface area contributed by atoms with Crippen LogP contribution < -0.4 is 10.6 Å². The van der Waals surface area contributed by atoms with E-state index in [-0.39, 0.29) is 4.90 Å². The van der Waals surface area contributed by atoms with Crippen molar-refractivity contribution in [2.75, 3.05) is 0 Å². The summed E-state index contributed by atoms with van der Waals surface area (Å²) in [6.45, 7) is 1.90. The fourth-order valence-electron chi connectivity index (χ4n) is 2.52. The van der Waals surface area contributed by atoms with Crippen molar-refractivity contribution in [2.45, 2.75) is 24.7 Å². The average molecular weight is 301 g/mol. The summed E-state index contributed by atoms with van der Waals surface area (Å²) in [7, 11) is -3.68. The minimum absolute atomic E-state index is 0.224. The van der Waals surface area contributed by atoms with Gasteiger partial charge >= 0.3 is 0 Å². The Hall–Kier alpha value is -2.14. The third-order valence-corrected chi connectivity index (χ3v) is 5.33. The number of carbonyl (C=O) groups is 1. The third-order valence-electron chi connectivity index (χ3n) is 3.64. The highest BCUT2D eigenvalue weighted by Gasteiger charge is 2.20. The van der Waals surface area contributed by atoms with Gasteiger partial charge in [0.15, 0.2) is 6.29 Å². The number of carbonyl (C=O) groups excluding carboxylic acids is 1. The summed E-state index contributed by atoms with van der Waals surface area (Å²) in [6.07, 6.45) is 7.50. The lowest BCUT2D eigenvalue weighted by molar-refractivity contribution is 0.112. The lowest BCUT2D eigenvalue weighted by Crippen LogP contribution is -2.35. The second-order valence-electron chi connectivity index (χ2n) is 5.10. The van der Waals surface area contributed by atoms with Gasteiger partial charge < -0.3 is 0 Å². The molecular formula is C16H15NO3S. The molecule has 5 heteroatoms. The lowest BCUT2D eigenvalue weighted by Gasteiger charge is -2.07. The third kappa shape index (κ3) is 2.23. The minimum atomic E-state index is -3.68. The summed E-state index contributed by atoms with van der Waals surface area (Å²) >= 11 is 0. The summed E-state index contributed by atoms with van der Waals surface area (Å²) in [5.74, 6) is 0. The van der Waals surface area contributed by atoms with Crippen LogP contribution in [0.1, 0.15) is 28.8 Å². The highest BCUT2D eigenvalue weighted by Crippen LogP contribution is 2.13. The van der Waals surface area contributed by atoms with Crippen molar-refractivity contribution >= 4 is 28.5 Å². The van der Waals surface area contributed by atoms with Crippen molar-refractivity contribution in [3.05, 3.63) is 52.2 Å². The number of benzene rings is 1. The maximum atomic E-state index is 12.8. The zero-order valence-electron chi connectivity index (χ0n) is 11.6. The Bertz CT molecular complexity index is 919. The number of hydrogen-bond acceptors (Lipinski definition) is 3. The van der Waals surface area contributed by atoms with Crippen LogP contribution in [0.3, 0.4) is 0 Å². The van der Waals surface area contributed by atoms with Crippen molar-refractivity contribution in [1.82, 2.24) is 3.97 Å². The number of rotatable bonds is 3. The minimum Gasteiger partial charge on any atom is -0.298 e. The molecule has 0 atom stereocenters. The molecule has 0 aliphatic heterocycles. The summed E-state index contributed by atoms with van der Waals surface area (Å²) in [5, 5.41) is 1.30. The topological polar surface area (TPSA) is 56.1 Å². The van der Waals surface area contributed by atoms with Crippen molar-refractivity contribution in [3.8, 4) is 0 Å². The van der Waals surface area contributed by atoms with Crippen molar-refractivity contribution < 1.29 is 13.2 Å². The smallest absolute Gasteiger partial charge is 0.268 e. The molecule has 0 unspecified atom stereocenters. The Morgan fingerprint density at radius 2 is 1.76 bits per heavy atom. The van der Waals surface area contributed by atoms with Crippen LogP contribution >= 0.6 is 0 Å². The van der Waals surface area contributed by atoms with E-state index in [1.165, 1.54) is 10.2 Å². The largest absolute Gasteiger partial charge is 0.298 e. The molecule has 0 saturated carbocycles. The standard InChI is InChI=1S/C16H15NO3S/c1-12-6-8-14(9-7-12)21(19,20)17-10-13(11-18)15-4-2-3-5-16(15)17/h4-11H,2-3H2,1H3. The fraction of sp³-hybridized carbons (Fsp3) is 0.188. The van der Waals surface area contributed by atoms with Crippen molar-refractivity contribution in [3.63, 3.8) is 0 Å². The normalized spacial score (nSPS) is 14.0. The van der Waals surface area contributed by atoms with Gasteiger partial charge in [-0.15, -0.1) is 0 Å². The molecule has 0 spiro atoms. The van der Waals surface area contributed by atoms with E-state index in [1.807, 2.05) is 19.1 Å². The maximum Gasteiger partial charge on any atom is 0.268 e. The van der Waals surface area contributed by atoms with Gasteiger partial charge in [0.2, 0.25) is 0 Å². The van der Waals surface area contributed by atoms with Crippen LogP contribution in [0, 0.1) is 6.92 Å². The van der Waals surface area contributed by atoms with E-state index >= 15 is 0 Å². The maximum absolute atomic E-state index is 12.8. The van der Waals surface area contributed by atoms with Crippen LogP contribution in [0.25, 0.3) is 12.2 Å². The molecule has 0 amide bonds. The molecule has 0 N–H and O–H groups in total. The molecule has 0 saturated heterocycles. The molecule has 0 bridgehead atoms. The Labute approximate surface area is 123 Å². The van der Waals surface area contributed by atoms with E-state index in [9.17, 15) is 13.2 Å². The van der Waals surface area contributed by atoms with Crippen LogP contribution in [-0.2, 0) is 10.0 Å². The van der Waals surface area contributed by atoms with Gasteiger partial charge in [0.05, 0.1) is 10.2 Å². The molecule has 4 nitrogen and oxygen atoms in total. The van der Waals surface area contributed by atoms with E-state index < -0.39 is 10.0 Å². The Morgan fingerprint density at radius 1 is 1.10 bits per heavy atom. The monoisotopic (exact) mass is 301 g/mol. The number of nitrogens with zero attached hydrogens (tertiary/aromatic N) is 1. The van der Waals surface area contributed by atoms with Crippen LogP contribution in [-0.4, -0.2) is 18.7 Å². The molecule has 1 aromatic heterocycles. The van der Waals surface area contributed by atoms with Gasteiger partial charge in [-0.05, 0) is 31.9 Å². The van der Waals surface area contributed by atoms with Gasteiger partial charge in [-0.1, -0.05) is 29.8 Å². The molecule has 3 rings (SSSR count). The van der Waals surface area contributed by atoms with Gasteiger partial charge in [0.1, 0.15) is 0 Å². The zero-order chi connectivity index (χ0) is 15.0. The van der Waals surface area contributed by atoms with Crippen LogP contribution in [0.2, 0.25) is 0 Å². The Kier molecular flexibility index (Phi) is 3.29. The van der Waals surface area contributed by atoms with Gasteiger partial charge in [0, 0.05) is 17.0 Å². The molecule has 108 valence electrons. The first-order valence-electron chi connectivity index (χ1n) is 6.73. The fourth-order valence-corrected chi connectivity index (χ4v) is 3.91. The van der Waals surface area contributed by atoms with Gasteiger partial charge in [-0.2, -0.15) is 0 Å². The number of aryl methyl sites for hydroxylation is 1. The SMILES string of the molecule is Cc1ccc(S(=O)(=O)n2cc(C=O)c3c2=CCCC=3)cc1. The van der Waals surface area contributed by atoms with Crippen LogP contribution in [0.15, 0.2) is 35.4 Å². The molecular weight excluding hydrogens is 286 g/mol. The van der Waals surface area contributed by atoms with E-state index in [4.69, 9.17) is 0 Å². The Morgan fingerprint density at radius 3 is 2.43 bits per heavy atom. The summed E-state index contributed by atoms with van der Waals surface area (Å²) in [5.41, 5.74) is 1.41.